The van der Waals surface area contributed by atoms with Crippen LogP contribution in [0.4, 0.5) is 17.1 Å². The maximum atomic E-state index is 4.47. The molecule has 12 aromatic rings. The van der Waals surface area contributed by atoms with E-state index in [2.05, 4.69) is 259 Å². The van der Waals surface area contributed by atoms with Crippen LogP contribution in [0.5, 0.6) is 0 Å². The Labute approximate surface area is 408 Å². The van der Waals surface area contributed by atoms with E-state index in [1.807, 2.05) is 12.4 Å². The molecule has 328 valence electrons. The summed E-state index contributed by atoms with van der Waals surface area (Å²) in [6, 6.07) is 85.7. The molecule has 0 atom stereocenters. The number of anilines is 3. The van der Waals surface area contributed by atoms with E-state index in [0.29, 0.717) is 0 Å². The minimum absolute atomic E-state index is 0.0867. The standard InChI is InChI=1S/C66H46BN3/c1-66(2)55-29-14-16-31-58(55)70(59-32-17-15-30-56(59)66)48-34-35-50-54-41-46(33-36-57(54)69(60(50)42-48)47-37-39-68-40-38-47)67-64-49(43-19-6-3-7-20-43)27-18-28-53(64)63-61(44-21-8-4-9-22-44)51-25-12-13-26-52(51)62(65(63)67)45-23-10-5-11-24-45/h3-42H,1-2H3. The number of fused-ring (bicyclic) bond motifs is 9. The van der Waals surface area contributed by atoms with Crippen molar-refractivity contribution in [1.29, 1.82) is 0 Å². The smallest absolute Gasteiger partial charge is 0.244 e. The van der Waals surface area contributed by atoms with E-state index in [1.165, 1.54) is 105 Å². The monoisotopic (exact) mass is 891 g/mol. The molecule has 0 amide bonds. The van der Waals surface area contributed by atoms with E-state index in [1.54, 1.807) is 0 Å². The van der Waals surface area contributed by atoms with E-state index >= 15 is 0 Å². The summed E-state index contributed by atoms with van der Waals surface area (Å²) in [7, 11) is 0. The molecule has 4 heterocycles. The van der Waals surface area contributed by atoms with E-state index in [9.17, 15) is 0 Å². The number of para-hydroxylation sites is 2. The highest BCUT2D eigenvalue weighted by atomic mass is 15.2. The van der Waals surface area contributed by atoms with Crippen molar-refractivity contribution >= 4 is 72.7 Å². The molecule has 0 fully saturated rings. The number of aromatic nitrogens is 2. The molecule has 0 aliphatic carbocycles. The highest BCUT2D eigenvalue weighted by Gasteiger charge is 2.41. The Morgan fingerprint density at radius 1 is 0.386 bits per heavy atom. The third-order valence-corrected chi connectivity index (χ3v) is 15.3. The van der Waals surface area contributed by atoms with Gasteiger partial charge in [-0.2, -0.15) is 0 Å². The summed E-state index contributed by atoms with van der Waals surface area (Å²) in [5.74, 6) is 0. The lowest BCUT2D eigenvalue weighted by Crippen LogP contribution is -2.50. The summed E-state index contributed by atoms with van der Waals surface area (Å²) < 4.78 is 2.44. The number of pyridine rings is 1. The van der Waals surface area contributed by atoms with Gasteiger partial charge in [0.05, 0.1) is 22.4 Å². The second kappa shape index (κ2) is 15.7. The topological polar surface area (TPSA) is 21.1 Å². The molecule has 0 unspecified atom stereocenters. The number of rotatable bonds is 6. The molecule has 2 aromatic heterocycles. The molecule has 0 radical (unpaired) electrons. The van der Waals surface area contributed by atoms with E-state index < -0.39 is 0 Å². The van der Waals surface area contributed by atoms with E-state index in [-0.39, 0.29) is 12.1 Å². The lowest BCUT2D eigenvalue weighted by atomic mass is 9.37. The summed E-state index contributed by atoms with van der Waals surface area (Å²) in [5, 5.41) is 4.95. The van der Waals surface area contributed by atoms with Crippen molar-refractivity contribution in [1.82, 2.24) is 9.55 Å². The number of benzene rings is 10. The van der Waals surface area contributed by atoms with Gasteiger partial charge in [-0.1, -0.05) is 218 Å². The van der Waals surface area contributed by atoms with Crippen LogP contribution in [0.15, 0.2) is 243 Å². The number of hydrogen-bond acceptors (Lipinski definition) is 2. The fraction of sp³-hybridized carbons (Fsp3) is 0.0455. The van der Waals surface area contributed by atoms with Gasteiger partial charge in [0.15, 0.2) is 0 Å². The van der Waals surface area contributed by atoms with Crippen LogP contribution in [-0.2, 0) is 5.41 Å². The molecule has 10 aromatic carbocycles. The maximum absolute atomic E-state index is 4.47. The largest absolute Gasteiger partial charge is 0.310 e. The third kappa shape index (κ3) is 5.93. The molecule has 0 spiro atoms. The molecule has 2 aliphatic rings. The summed E-state index contributed by atoms with van der Waals surface area (Å²) >= 11 is 0. The summed E-state index contributed by atoms with van der Waals surface area (Å²) in [6.07, 6.45) is 3.81. The third-order valence-electron chi connectivity index (χ3n) is 15.3. The van der Waals surface area contributed by atoms with Crippen LogP contribution < -0.4 is 21.3 Å². The average molecular weight is 892 g/mol. The first-order valence-corrected chi connectivity index (χ1v) is 24.4. The van der Waals surface area contributed by atoms with Crippen LogP contribution in [0, 0.1) is 0 Å². The lowest BCUT2D eigenvalue weighted by Gasteiger charge is -2.42. The lowest BCUT2D eigenvalue weighted by molar-refractivity contribution is 0.632. The Kier molecular flexibility index (Phi) is 9.03. The number of hydrogen-bond donors (Lipinski definition) is 0. The highest BCUT2D eigenvalue weighted by Crippen LogP contribution is 2.52. The van der Waals surface area contributed by atoms with Crippen molar-refractivity contribution in [3.63, 3.8) is 0 Å². The molecule has 0 saturated heterocycles. The molecular weight excluding hydrogens is 846 g/mol. The number of nitrogens with zero attached hydrogens (tertiary/aromatic N) is 3. The SMILES string of the molecule is CC1(C)c2ccccc2N(c2ccc3c4cc(B5c6c(-c7ccccc7)cccc6-c6c5c(-c5ccccc5)c5ccccc5c6-c5ccccc5)ccc4n(-c4ccncc4)c3c2)c2ccccc21. The Balaban J connectivity index is 1.07. The minimum Gasteiger partial charge on any atom is -0.310 e. The fourth-order valence-corrected chi connectivity index (χ4v) is 12.4. The van der Waals surface area contributed by atoms with Crippen molar-refractivity contribution in [2.45, 2.75) is 19.3 Å². The predicted octanol–water partition coefficient (Wildman–Crippen LogP) is 14.9. The van der Waals surface area contributed by atoms with Crippen molar-refractivity contribution < 1.29 is 0 Å². The fourth-order valence-electron chi connectivity index (χ4n) is 12.4. The van der Waals surface area contributed by atoms with Gasteiger partial charge < -0.3 is 9.47 Å². The second-order valence-electron chi connectivity index (χ2n) is 19.4. The molecule has 14 rings (SSSR count). The zero-order chi connectivity index (χ0) is 46.5. The van der Waals surface area contributed by atoms with E-state index in [0.717, 1.165) is 22.4 Å². The highest BCUT2D eigenvalue weighted by molar-refractivity contribution is 7.01. The van der Waals surface area contributed by atoms with Gasteiger partial charge in [0.2, 0.25) is 6.71 Å². The van der Waals surface area contributed by atoms with Gasteiger partial charge >= 0.3 is 0 Å². The van der Waals surface area contributed by atoms with Gasteiger partial charge in [-0.25, -0.2) is 0 Å². The molecule has 0 bridgehead atoms. The van der Waals surface area contributed by atoms with Gasteiger partial charge in [0.25, 0.3) is 0 Å². The normalized spacial score (nSPS) is 13.3. The first-order valence-electron chi connectivity index (χ1n) is 24.4. The van der Waals surface area contributed by atoms with Crippen LogP contribution in [0.25, 0.3) is 82.8 Å². The van der Waals surface area contributed by atoms with Gasteiger partial charge in [-0.15, -0.1) is 0 Å². The first-order chi connectivity index (χ1) is 34.5. The minimum atomic E-state index is -0.150. The zero-order valence-corrected chi connectivity index (χ0v) is 39.0. The first kappa shape index (κ1) is 40.4. The second-order valence-corrected chi connectivity index (χ2v) is 19.4. The van der Waals surface area contributed by atoms with E-state index in [4.69, 9.17) is 0 Å². The zero-order valence-electron chi connectivity index (χ0n) is 39.0. The average Bonchev–Trinajstić information content (AvgIpc) is 3.93. The van der Waals surface area contributed by atoms with Gasteiger partial charge in [-0.05, 0) is 109 Å². The molecule has 2 aliphatic heterocycles. The van der Waals surface area contributed by atoms with Gasteiger partial charge in [0, 0.05) is 40.0 Å². The van der Waals surface area contributed by atoms with Crippen LogP contribution >= 0.6 is 0 Å². The predicted molar refractivity (Wildman–Crippen MR) is 296 cm³/mol. The Hall–Kier alpha value is -8.73. The quantitative estimate of drug-likeness (QED) is 0.155. The Bertz CT molecular complexity index is 3980. The Morgan fingerprint density at radius 3 is 1.63 bits per heavy atom. The van der Waals surface area contributed by atoms with Crippen molar-refractivity contribution in [2.24, 2.45) is 0 Å². The summed E-state index contributed by atoms with van der Waals surface area (Å²) in [5.41, 5.74) is 23.5. The summed E-state index contributed by atoms with van der Waals surface area (Å²) in [6.45, 7) is 4.61. The maximum Gasteiger partial charge on any atom is 0.244 e. The Morgan fingerprint density at radius 2 is 0.957 bits per heavy atom. The molecule has 70 heavy (non-hydrogen) atoms. The van der Waals surface area contributed by atoms with Gasteiger partial charge in [-0.3, -0.25) is 4.98 Å². The van der Waals surface area contributed by atoms with Crippen molar-refractivity contribution in [2.75, 3.05) is 4.90 Å². The molecule has 3 nitrogen and oxygen atoms in total. The van der Waals surface area contributed by atoms with Crippen molar-refractivity contribution in [3.8, 4) is 50.2 Å². The van der Waals surface area contributed by atoms with Crippen LogP contribution in [0.1, 0.15) is 25.0 Å². The molecule has 0 saturated carbocycles. The van der Waals surface area contributed by atoms with Crippen molar-refractivity contribution in [3.05, 3.63) is 254 Å². The molecule has 4 heteroatoms. The van der Waals surface area contributed by atoms with Gasteiger partial charge in [0.1, 0.15) is 0 Å². The summed E-state index contributed by atoms with van der Waals surface area (Å²) in [4.78, 5) is 6.94. The molecular formula is C66H46BN3. The van der Waals surface area contributed by atoms with Crippen LogP contribution in [0.3, 0.4) is 0 Å². The van der Waals surface area contributed by atoms with Crippen LogP contribution in [-0.4, -0.2) is 16.3 Å². The molecule has 0 N–H and O–H groups in total. The van der Waals surface area contributed by atoms with Crippen LogP contribution in [0.2, 0.25) is 0 Å².